The molecular weight excluding hydrogens is 212 g/mol. The van der Waals surface area contributed by atoms with Crippen LogP contribution in [0, 0.1) is 0 Å². The summed E-state index contributed by atoms with van der Waals surface area (Å²) < 4.78 is 9.79. The van der Waals surface area contributed by atoms with Gasteiger partial charge >= 0.3 is 5.97 Å². The fraction of sp³-hybridized carbons (Fsp3) is 0.364. The maximum atomic E-state index is 11.0. The normalized spacial score (nSPS) is 12.2. The van der Waals surface area contributed by atoms with E-state index in [4.69, 9.17) is 14.6 Å². The summed E-state index contributed by atoms with van der Waals surface area (Å²) in [5, 5.41) is 18.3. The number of methoxy groups -OCH3 is 1. The van der Waals surface area contributed by atoms with Gasteiger partial charge in [0.05, 0.1) is 6.10 Å². The third-order valence-electron chi connectivity index (χ3n) is 2.05. The van der Waals surface area contributed by atoms with E-state index in [1.54, 1.807) is 13.0 Å². The van der Waals surface area contributed by atoms with Crippen LogP contribution in [0.25, 0.3) is 0 Å². The summed E-state index contributed by atoms with van der Waals surface area (Å²) in [5.41, 5.74) is 0.539. The van der Waals surface area contributed by atoms with Crippen LogP contribution in [0.5, 0.6) is 5.75 Å². The Morgan fingerprint density at radius 1 is 1.50 bits per heavy atom. The summed E-state index contributed by atoms with van der Waals surface area (Å²) in [4.78, 5) is 11.0. The van der Waals surface area contributed by atoms with Gasteiger partial charge in [-0.25, -0.2) is 4.79 Å². The number of hydrogen-bond acceptors (Lipinski definition) is 4. The van der Waals surface area contributed by atoms with Gasteiger partial charge in [0.2, 0.25) is 0 Å². The summed E-state index contributed by atoms with van der Waals surface area (Å²) in [5.74, 6) is -0.882. The van der Waals surface area contributed by atoms with Crippen molar-refractivity contribution >= 4 is 5.97 Å². The minimum absolute atomic E-state index is 0.00968. The third kappa shape index (κ3) is 2.95. The van der Waals surface area contributed by atoms with Crippen LogP contribution in [0.4, 0.5) is 0 Å². The number of carbonyl (C=O) groups is 1. The van der Waals surface area contributed by atoms with Crippen molar-refractivity contribution in [1.29, 1.82) is 0 Å². The molecule has 0 amide bonds. The monoisotopic (exact) mass is 226 g/mol. The highest BCUT2D eigenvalue weighted by Gasteiger charge is 2.13. The fourth-order valence-electron chi connectivity index (χ4n) is 1.22. The van der Waals surface area contributed by atoms with Gasteiger partial charge in [-0.15, -0.1) is 0 Å². The summed E-state index contributed by atoms with van der Waals surface area (Å²) >= 11 is 0. The van der Waals surface area contributed by atoms with Crippen LogP contribution < -0.4 is 4.74 Å². The highest BCUT2D eigenvalue weighted by molar-refractivity contribution is 5.91. The van der Waals surface area contributed by atoms with Gasteiger partial charge in [-0.3, -0.25) is 0 Å². The van der Waals surface area contributed by atoms with Crippen LogP contribution in [0.1, 0.15) is 28.9 Å². The van der Waals surface area contributed by atoms with E-state index in [0.717, 1.165) is 0 Å². The Kier molecular flexibility index (Phi) is 4.28. The molecule has 16 heavy (non-hydrogen) atoms. The highest BCUT2D eigenvalue weighted by atomic mass is 16.7. The maximum Gasteiger partial charge on any atom is 0.339 e. The number of hydrogen-bond donors (Lipinski definition) is 2. The fourth-order valence-corrected chi connectivity index (χ4v) is 1.22. The second-order valence-corrected chi connectivity index (χ2v) is 3.29. The zero-order chi connectivity index (χ0) is 12.1. The zero-order valence-electron chi connectivity index (χ0n) is 9.14. The quantitative estimate of drug-likeness (QED) is 0.742. The molecule has 1 unspecified atom stereocenters. The zero-order valence-corrected chi connectivity index (χ0v) is 9.14. The van der Waals surface area contributed by atoms with Crippen molar-refractivity contribution in [3.8, 4) is 5.75 Å². The number of carboxylic acid groups (broad SMARTS) is 1. The second-order valence-electron chi connectivity index (χ2n) is 3.29. The molecular formula is C11H14O5. The highest BCUT2D eigenvalue weighted by Crippen LogP contribution is 2.23. The minimum Gasteiger partial charge on any atom is -0.478 e. The first-order valence-electron chi connectivity index (χ1n) is 4.73. The van der Waals surface area contributed by atoms with E-state index in [2.05, 4.69) is 0 Å². The van der Waals surface area contributed by atoms with Gasteiger partial charge in [-0.05, 0) is 24.6 Å². The number of aliphatic hydroxyl groups is 1. The Balaban J connectivity index is 3.04. The minimum atomic E-state index is -1.10. The van der Waals surface area contributed by atoms with E-state index in [0.29, 0.717) is 5.56 Å². The number of aliphatic hydroxyl groups excluding tert-OH is 1. The second kappa shape index (κ2) is 5.48. The molecule has 5 heteroatoms. The van der Waals surface area contributed by atoms with Crippen molar-refractivity contribution in [2.75, 3.05) is 13.9 Å². The van der Waals surface area contributed by atoms with E-state index in [-0.39, 0.29) is 18.1 Å². The first kappa shape index (κ1) is 12.5. The third-order valence-corrected chi connectivity index (χ3v) is 2.05. The molecule has 1 aromatic carbocycles. The smallest absolute Gasteiger partial charge is 0.339 e. The molecule has 1 rings (SSSR count). The molecule has 0 aliphatic rings. The van der Waals surface area contributed by atoms with Crippen LogP contribution in [0.2, 0.25) is 0 Å². The molecule has 0 aliphatic carbocycles. The van der Waals surface area contributed by atoms with Gasteiger partial charge in [0.1, 0.15) is 11.3 Å². The molecule has 0 spiro atoms. The van der Waals surface area contributed by atoms with Crippen molar-refractivity contribution in [3.05, 3.63) is 29.3 Å². The van der Waals surface area contributed by atoms with Crippen LogP contribution in [-0.4, -0.2) is 30.1 Å². The number of benzene rings is 1. The summed E-state index contributed by atoms with van der Waals surface area (Å²) in [6.07, 6.45) is -0.713. The predicted molar refractivity (Wildman–Crippen MR) is 56.5 cm³/mol. The Hall–Kier alpha value is -1.59. The molecule has 0 saturated heterocycles. The van der Waals surface area contributed by atoms with Gasteiger partial charge in [0, 0.05) is 7.11 Å². The molecule has 2 N–H and O–H groups in total. The van der Waals surface area contributed by atoms with Crippen molar-refractivity contribution in [2.45, 2.75) is 13.0 Å². The Bertz CT molecular complexity index is 373. The van der Waals surface area contributed by atoms with Crippen molar-refractivity contribution in [3.63, 3.8) is 0 Å². The standard InChI is InChI=1S/C11H14O5/c1-7(12)8-3-4-10(16-6-15-2)9(5-8)11(13)14/h3-5,7,12H,6H2,1-2H3,(H,13,14). The number of carboxylic acids is 1. The lowest BCUT2D eigenvalue weighted by Gasteiger charge is -2.11. The molecule has 1 atom stereocenters. The van der Waals surface area contributed by atoms with E-state index in [1.165, 1.54) is 19.2 Å². The lowest BCUT2D eigenvalue weighted by molar-refractivity contribution is 0.0483. The van der Waals surface area contributed by atoms with E-state index < -0.39 is 12.1 Å². The summed E-state index contributed by atoms with van der Waals surface area (Å²) in [6.45, 7) is 1.55. The van der Waals surface area contributed by atoms with Crippen molar-refractivity contribution in [1.82, 2.24) is 0 Å². The first-order chi connectivity index (χ1) is 7.56. The molecule has 0 fully saturated rings. The van der Waals surface area contributed by atoms with Gasteiger partial charge in [0.15, 0.2) is 6.79 Å². The van der Waals surface area contributed by atoms with E-state index >= 15 is 0 Å². The molecule has 0 bridgehead atoms. The lowest BCUT2D eigenvalue weighted by Crippen LogP contribution is -2.06. The van der Waals surface area contributed by atoms with Crippen molar-refractivity contribution < 1.29 is 24.5 Å². The van der Waals surface area contributed by atoms with Gasteiger partial charge in [-0.1, -0.05) is 6.07 Å². The lowest BCUT2D eigenvalue weighted by atomic mass is 10.1. The van der Waals surface area contributed by atoms with Gasteiger partial charge < -0.3 is 19.7 Å². The average molecular weight is 226 g/mol. The van der Waals surface area contributed by atoms with Crippen LogP contribution in [-0.2, 0) is 4.74 Å². The molecule has 88 valence electrons. The molecule has 0 aliphatic heterocycles. The Morgan fingerprint density at radius 2 is 2.19 bits per heavy atom. The first-order valence-corrected chi connectivity index (χ1v) is 4.73. The molecule has 0 aromatic heterocycles. The molecule has 0 heterocycles. The number of aromatic carboxylic acids is 1. The molecule has 1 aromatic rings. The van der Waals surface area contributed by atoms with Crippen molar-refractivity contribution in [2.24, 2.45) is 0 Å². The largest absolute Gasteiger partial charge is 0.478 e. The molecule has 0 saturated carbocycles. The van der Waals surface area contributed by atoms with Gasteiger partial charge in [-0.2, -0.15) is 0 Å². The van der Waals surface area contributed by atoms with Crippen LogP contribution in [0.3, 0.4) is 0 Å². The summed E-state index contributed by atoms with van der Waals surface area (Å²) in [6, 6.07) is 4.50. The van der Waals surface area contributed by atoms with Crippen LogP contribution in [0.15, 0.2) is 18.2 Å². The molecule has 0 radical (unpaired) electrons. The van der Waals surface area contributed by atoms with E-state index in [1.807, 2.05) is 0 Å². The summed E-state index contributed by atoms with van der Waals surface area (Å²) in [7, 11) is 1.45. The Labute approximate surface area is 93.2 Å². The predicted octanol–water partition coefficient (Wildman–Crippen LogP) is 1.42. The molecule has 5 nitrogen and oxygen atoms in total. The topological polar surface area (TPSA) is 76.0 Å². The van der Waals surface area contributed by atoms with Crippen LogP contribution >= 0.6 is 0 Å². The number of ether oxygens (including phenoxy) is 2. The Morgan fingerprint density at radius 3 is 2.69 bits per heavy atom. The SMILES string of the molecule is COCOc1ccc(C(C)O)cc1C(=O)O. The average Bonchev–Trinajstić information content (AvgIpc) is 2.25. The van der Waals surface area contributed by atoms with Gasteiger partial charge in [0.25, 0.3) is 0 Å². The van der Waals surface area contributed by atoms with E-state index in [9.17, 15) is 9.90 Å². The number of rotatable bonds is 5. The maximum absolute atomic E-state index is 11.0.